The van der Waals surface area contributed by atoms with Crippen LogP contribution in [0.3, 0.4) is 0 Å². The molecule has 0 atom stereocenters. The highest BCUT2D eigenvalue weighted by Crippen LogP contribution is 2.15. The van der Waals surface area contributed by atoms with Crippen LogP contribution in [0.2, 0.25) is 0 Å². The maximum absolute atomic E-state index is 13.7. The number of halogens is 1. The van der Waals surface area contributed by atoms with Gasteiger partial charge >= 0.3 is 0 Å². The number of nitrogens with one attached hydrogen (secondary N) is 2. The molecule has 1 amide bonds. The molecule has 4 rings (SSSR count). The van der Waals surface area contributed by atoms with E-state index in [1.54, 1.807) is 48.7 Å². The molecule has 2 aromatic heterocycles. The fraction of sp³-hybridized carbons (Fsp3) is 0.0435. The van der Waals surface area contributed by atoms with Gasteiger partial charge in [-0.1, -0.05) is 18.2 Å². The number of rotatable bonds is 6. The number of pyridine rings is 1. The lowest BCUT2D eigenvalue weighted by Crippen LogP contribution is -2.12. The molecule has 0 unspecified atom stereocenters. The monoisotopic (exact) mass is 386 g/mol. The molecule has 0 radical (unpaired) electrons. The predicted octanol–water partition coefficient (Wildman–Crippen LogP) is 4.88. The molecule has 0 spiro atoms. The zero-order chi connectivity index (χ0) is 20.1. The lowest BCUT2D eigenvalue weighted by atomic mass is 10.2. The minimum Gasteiger partial charge on any atom is -0.366 e. The summed E-state index contributed by atoms with van der Waals surface area (Å²) in [5.74, 6) is 0.131. The Morgan fingerprint density at radius 3 is 2.38 bits per heavy atom. The van der Waals surface area contributed by atoms with E-state index in [-0.39, 0.29) is 11.7 Å². The molecule has 0 fully saturated rings. The van der Waals surface area contributed by atoms with Crippen molar-refractivity contribution in [1.29, 1.82) is 0 Å². The maximum atomic E-state index is 13.7. The zero-order valence-electron chi connectivity index (χ0n) is 15.5. The van der Waals surface area contributed by atoms with Crippen molar-refractivity contribution in [2.24, 2.45) is 0 Å². The van der Waals surface area contributed by atoms with Crippen LogP contribution in [0.4, 0.5) is 15.9 Å². The van der Waals surface area contributed by atoms with Gasteiger partial charge in [-0.15, -0.1) is 0 Å². The molecule has 5 nitrogen and oxygen atoms in total. The van der Waals surface area contributed by atoms with Gasteiger partial charge in [0.2, 0.25) is 0 Å². The first kappa shape index (κ1) is 18.4. The molecule has 0 saturated heterocycles. The quantitative estimate of drug-likeness (QED) is 0.497. The predicted molar refractivity (Wildman–Crippen MR) is 112 cm³/mol. The second-order valence-corrected chi connectivity index (χ2v) is 6.47. The van der Waals surface area contributed by atoms with Gasteiger partial charge in [-0.2, -0.15) is 0 Å². The van der Waals surface area contributed by atoms with E-state index < -0.39 is 0 Å². The van der Waals surface area contributed by atoms with Crippen molar-refractivity contribution in [3.63, 3.8) is 0 Å². The van der Waals surface area contributed by atoms with Crippen molar-refractivity contribution >= 4 is 17.4 Å². The van der Waals surface area contributed by atoms with Crippen molar-refractivity contribution in [1.82, 2.24) is 9.55 Å². The van der Waals surface area contributed by atoms with Crippen LogP contribution in [-0.4, -0.2) is 15.5 Å². The molecule has 29 heavy (non-hydrogen) atoms. The van der Waals surface area contributed by atoms with Gasteiger partial charge < -0.3 is 15.2 Å². The van der Waals surface area contributed by atoms with Crippen molar-refractivity contribution in [2.75, 3.05) is 10.6 Å². The Labute approximate surface area is 167 Å². The third kappa shape index (κ3) is 4.50. The minimum atomic E-state index is -0.258. The first-order valence-corrected chi connectivity index (χ1v) is 9.17. The van der Waals surface area contributed by atoms with Gasteiger partial charge in [-0.05, 0) is 54.6 Å². The van der Waals surface area contributed by atoms with Crippen LogP contribution in [-0.2, 0) is 6.54 Å². The van der Waals surface area contributed by atoms with Crippen molar-refractivity contribution < 1.29 is 9.18 Å². The van der Waals surface area contributed by atoms with Gasteiger partial charge in [0.1, 0.15) is 11.6 Å². The summed E-state index contributed by atoms with van der Waals surface area (Å²) < 4.78 is 15.6. The minimum absolute atomic E-state index is 0.210. The second-order valence-electron chi connectivity index (χ2n) is 6.47. The third-order valence-electron chi connectivity index (χ3n) is 4.47. The van der Waals surface area contributed by atoms with Gasteiger partial charge in [0.15, 0.2) is 0 Å². The summed E-state index contributed by atoms with van der Waals surface area (Å²) in [4.78, 5) is 16.7. The fourth-order valence-corrected chi connectivity index (χ4v) is 2.89. The summed E-state index contributed by atoms with van der Waals surface area (Å²) in [7, 11) is 0. The molecule has 0 saturated carbocycles. The van der Waals surface area contributed by atoms with Crippen LogP contribution < -0.4 is 10.6 Å². The van der Waals surface area contributed by atoms with Crippen molar-refractivity contribution in [3.8, 4) is 5.69 Å². The normalized spacial score (nSPS) is 10.5. The molecular weight excluding hydrogens is 367 g/mol. The lowest BCUT2D eigenvalue weighted by Gasteiger charge is -2.09. The first-order valence-electron chi connectivity index (χ1n) is 9.17. The summed E-state index contributed by atoms with van der Waals surface area (Å²) in [5.41, 5.74) is 2.69. The van der Waals surface area contributed by atoms with E-state index in [2.05, 4.69) is 15.6 Å². The van der Waals surface area contributed by atoms with Crippen LogP contribution in [0.25, 0.3) is 5.69 Å². The van der Waals surface area contributed by atoms with E-state index in [1.807, 2.05) is 41.2 Å². The lowest BCUT2D eigenvalue weighted by molar-refractivity contribution is 0.102. The number of hydrogen-bond donors (Lipinski definition) is 2. The summed E-state index contributed by atoms with van der Waals surface area (Å²) >= 11 is 0. The van der Waals surface area contributed by atoms with E-state index >= 15 is 0 Å². The highest BCUT2D eigenvalue weighted by molar-refractivity contribution is 6.04. The van der Waals surface area contributed by atoms with Crippen LogP contribution in [0.5, 0.6) is 0 Å². The summed E-state index contributed by atoms with van der Waals surface area (Å²) in [6, 6.07) is 21.3. The summed E-state index contributed by atoms with van der Waals surface area (Å²) in [6.07, 6.45) is 5.46. The van der Waals surface area contributed by atoms with Crippen LogP contribution in [0.1, 0.15) is 15.9 Å². The van der Waals surface area contributed by atoms with Gasteiger partial charge in [0, 0.05) is 35.8 Å². The Hall–Kier alpha value is -3.93. The molecule has 0 aliphatic rings. The van der Waals surface area contributed by atoms with Crippen molar-refractivity contribution in [2.45, 2.75) is 6.54 Å². The second kappa shape index (κ2) is 8.39. The average Bonchev–Trinajstić information content (AvgIpc) is 3.29. The highest BCUT2D eigenvalue weighted by atomic mass is 19.1. The molecule has 2 N–H and O–H groups in total. The van der Waals surface area contributed by atoms with Gasteiger partial charge in [0.25, 0.3) is 5.91 Å². The molecule has 0 aliphatic heterocycles. The molecule has 2 aromatic carbocycles. The average molecular weight is 386 g/mol. The van der Waals surface area contributed by atoms with E-state index in [9.17, 15) is 9.18 Å². The number of aromatic nitrogens is 2. The number of nitrogens with zero attached hydrogens (tertiary/aromatic N) is 2. The largest absolute Gasteiger partial charge is 0.366 e. The van der Waals surface area contributed by atoms with Crippen molar-refractivity contribution in [3.05, 3.63) is 108 Å². The van der Waals surface area contributed by atoms with Gasteiger partial charge in [-0.25, -0.2) is 9.37 Å². The van der Waals surface area contributed by atoms with Gasteiger partial charge in [-0.3, -0.25) is 4.79 Å². The molecule has 4 aromatic rings. The molecule has 0 bridgehead atoms. The number of anilines is 2. The van der Waals surface area contributed by atoms with Crippen LogP contribution in [0, 0.1) is 5.82 Å². The number of carbonyl (C=O) groups is 1. The molecule has 144 valence electrons. The van der Waals surface area contributed by atoms with E-state index in [0.717, 1.165) is 5.69 Å². The smallest absolute Gasteiger partial charge is 0.255 e. The van der Waals surface area contributed by atoms with E-state index in [0.29, 0.717) is 29.2 Å². The van der Waals surface area contributed by atoms with E-state index in [4.69, 9.17) is 0 Å². The Bertz CT molecular complexity index is 1090. The Morgan fingerprint density at radius 1 is 0.931 bits per heavy atom. The standard InChI is InChI=1S/C23H19FN4O/c24-21-6-2-1-5-18(21)15-25-22-12-9-19(16-26-22)27-23(29)17-7-10-20(11-8-17)28-13-3-4-14-28/h1-14,16H,15H2,(H,25,26)(H,27,29). The van der Waals surface area contributed by atoms with Gasteiger partial charge in [0.05, 0.1) is 11.9 Å². The van der Waals surface area contributed by atoms with Crippen LogP contribution >= 0.6 is 0 Å². The fourth-order valence-electron chi connectivity index (χ4n) is 2.89. The summed E-state index contributed by atoms with van der Waals surface area (Å²) in [6.45, 7) is 0.332. The van der Waals surface area contributed by atoms with Crippen LogP contribution in [0.15, 0.2) is 91.4 Å². The highest BCUT2D eigenvalue weighted by Gasteiger charge is 2.07. The Kier molecular flexibility index (Phi) is 5.33. The Balaban J connectivity index is 1.35. The SMILES string of the molecule is O=C(Nc1ccc(NCc2ccccc2F)nc1)c1ccc(-n2cccc2)cc1. The molecule has 0 aliphatic carbocycles. The molecule has 2 heterocycles. The summed E-state index contributed by atoms with van der Waals surface area (Å²) in [5, 5.41) is 5.89. The topological polar surface area (TPSA) is 59.0 Å². The molecule has 6 heteroatoms. The molecular formula is C23H19FN4O. The number of hydrogen-bond acceptors (Lipinski definition) is 3. The van der Waals surface area contributed by atoms with E-state index in [1.165, 1.54) is 6.07 Å². The maximum Gasteiger partial charge on any atom is 0.255 e. The Morgan fingerprint density at radius 2 is 1.69 bits per heavy atom. The zero-order valence-corrected chi connectivity index (χ0v) is 15.5. The number of benzene rings is 2. The number of carbonyl (C=O) groups excluding carboxylic acids is 1. The number of amides is 1. The third-order valence-corrected chi connectivity index (χ3v) is 4.47. The first-order chi connectivity index (χ1) is 14.2.